The van der Waals surface area contributed by atoms with Gasteiger partial charge in [0.1, 0.15) is 0 Å². The molecule has 0 unspecified atom stereocenters. The van der Waals surface area contributed by atoms with Crippen LogP contribution >= 0.6 is 0 Å². The van der Waals surface area contributed by atoms with Crippen LogP contribution in [0.25, 0.3) is 0 Å². The standard InChI is InChI=1S/C12H9F2NO3/c13-8-2-1-3-9(10(8)14)15-6-7-4-5-18-11(7)12(16)17/h1-5,15H,6H2,(H,16,17). The average Bonchev–Trinajstić information content (AvgIpc) is 2.79. The molecule has 0 atom stereocenters. The monoisotopic (exact) mass is 253 g/mol. The van der Waals surface area contributed by atoms with E-state index < -0.39 is 17.6 Å². The molecule has 1 aromatic heterocycles. The van der Waals surface area contributed by atoms with E-state index in [2.05, 4.69) is 5.32 Å². The Morgan fingerprint density at radius 2 is 2.11 bits per heavy atom. The van der Waals surface area contributed by atoms with E-state index >= 15 is 0 Å². The third-order valence-electron chi connectivity index (χ3n) is 2.36. The van der Waals surface area contributed by atoms with Gasteiger partial charge in [-0.2, -0.15) is 0 Å². The number of hydrogen-bond acceptors (Lipinski definition) is 3. The molecule has 0 saturated heterocycles. The number of halogens is 2. The largest absolute Gasteiger partial charge is 0.475 e. The van der Waals surface area contributed by atoms with Gasteiger partial charge in [0.25, 0.3) is 0 Å². The van der Waals surface area contributed by atoms with Gasteiger partial charge in [-0.15, -0.1) is 0 Å². The van der Waals surface area contributed by atoms with Crippen molar-refractivity contribution in [2.24, 2.45) is 0 Å². The van der Waals surface area contributed by atoms with Crippen LogP contribution < -0.4 is 5.32 Å². The Balaban J connectivity index is 2.14. The van der Waals surface area contributed by atoms with Gasteiger partial charge in [0.05, 0.1) is 12.0 Å². The topological polar surface area (TPSA) is 62.5 Å². The number of carbonyl (C=O) groups is 1. The van der Waals surface area contributed by atoms with E-state index in [0.29, 0.717) is 5.56 Å². The van der Waals surface area contributed by atoms with Crippen LogP contribution in [-0.2, 0) is 6.54 Å². The summed E-state index contributed by atoms with van der Waals surface area (Å²) in [6, 6.07) is 5.17. The molecule has 0 aliphatic heterocycles. The fourth-order valence-electron chi connectivity index (χ4n) is 1.49. The van der Waals surface area contributed by atoms with E-state index in [1.807, 2.05) is 0 Å². The number of carboxylic acid groups (broad SMARTS) is 1. The second-order valence-electron chi connectivity index (χ2n) is 3.54. The highest BCUT2D eigenvalue weighted by Crippen LogP contribution is 2.18. The molecule has 0 saturated carbocycles. The van der Waals surface area contributed by atoms with E-state index in [0.717, 1.165) is 6.07 Å². The summed E-state index contributed by atoms with van der Waals surface area (Å²) in [5, 5.41) is 11.4. The van der Waals surface area contributed by atoms with Crippen molar-refractivity contribution in [3.05, 3.63) is 53.5 Å². The van der Waals surface area contributed by atoms with Gasteiger partial charge < -0.3 is 14.8 Å². The maximum atomic E-state index is 13.3. The molecule has 2 aromatic rings. The van der Waals surface area contributed by atoms with Crippen LogP contribution in [0.1, 0.15) is 16.1 Å². The molecule has 0 radical (unpaired) electrons. The maximum Gasteiger partial charge on any atom is 0.372 e. The molecule has 0 amide bonds. The minimum Gasteiger partial charge on any atom is -0.475 e. The number of benzene rings is 1. The third kappa shape index (κ3) is 2.32. The summed E-state index contributed by atoms with van der Waals surface area (Å²) in [6.45, 7) is 0.0263. The molecule has 18 heavy (non-hydrogen) atoms. The van der Waals surface area contributed by atoms with Crippen LogP contribution in [0.2, 0.25) is 0 Å². The number of rotatable bonds is 4. The molecular weight excluding hydrogens is 244 g/mol. The summed E-state index contributed by atoms with van der Waals surface area (Å²) >= 11 is 0. The van der Waals surface area contributed by atoms with Crippen molar-refractivity contribution in [3.63, 3.8) is 0 Å². The van der Waals surface area contributed by atoms with Crippen LogP contribution in [-0.4, -0.2) is 11.1 Å². The Hall–Kier alpha value is -2.37. The Morgan fingerprint density at radius 3 is 2.83 bits per heavy atom. The SMILES string of the molecule is O=C(O)c1occc1CNc1cccc(F)c1F. The van der Waals surface area contributed by atoms with Crippen molar-refractivity contribution in [1.29, 1.82) is 0 Å². The Kier molecular flexibility index (Phi) is 3.27. The quantitative estimate of drug-likeness (QED) is 0.879. The van der Waals surface area contributed by atoms with Crippen LogP contribution in [0, 0.1) is 11.6 Å². The predicted molar refractivity (Wildman–Crippen MR) is 59.4 cm³/mol. The number of carboxylic acids is 1. The Bertz CT molecular complexity index is 580. The molecule has 0 aliphatic rings. The van der Waals surface area contributed by atoms with Crippen LogP contribution in [0.5, 0.6) is 0 Å². The molecule has 2 N–H and O–H groups in total. The third-order valence-corrected chi connectivity index (χ3v) is 2.36. The minimum absolute atomic E-state index is 0.0263. The fraction of sp³-hybridized carbons (Fsp3) is 0.0833. The second-order valence-corrected chi connectivity index (χ2v) is 3.54. The Labute approximate surface area is 101 Å². The van der Waals surface area contributed by atoms with E-state index in [1.54, 1.807) is 0 Å². The molecule has 94 valence electrons. The maximum absolute atomic E-state index is 13.3. The van der Waals surface area contributed by atoms with Gasteiger partial charge in [-0.05, 0) is 18.2 Å². The molecule has 1 heterocycles. The number of anilines is 1. The molecule has 0 aliphatic carbocycles. The van der Waals surface area contributed by atoms with Gasteiger partial charge in [0, 0.05) is 12.1 Å². The zero-order chi connectivity index (χ0) is 13.1. The first-order valence-corrected chi connectivity index (χ1v) is 5.07. The molecule has 4 nitrogen and oxygen atoms in total. The minimum atomic E-state index is -1.21. The highest BCUT2D eigenvalue weighted by molar-refractivity contribution is 5.86. The van der Waals surface area contributed by atoms with Crippen LogP contribution in [0.15, 0.2) is 34.9 Å². The van der Waals surface area contributed by atoms with Gasteiger partial charge in [-0.25, -0.2) is 13.6 Å². The molecular formula is C12H9F2NO3. The van der Waals surface area contributed by atoms with Gasteiger partial charge in [0.2, 0.25) is 5.76 Å². The summed E-state index contributed by atoms with van der Waals surface area (Å²) in [6.07, 6.45) is 1.22. The number of aromatic carboxylic acids is 1. The second kappa shape index (κ2) is 4.87. The van der Waals surface area contributed by atoms with Crippen LogP contribution in [0.3, 0.4) is 0 Å². The lowest BCUT2D eigenvalue weighted by Crippen LogP contribution is -2.06. The van der Waals surface area contributed by atoms with Crippen molar-refractivity contribution < 1.29 is 23.1 Å². The average molecular weight is 253 g/mol. The van der Waals surface area contributed by atoms with Crippen molar-refractivity contribution in [3.8, 4) is 0 Å². The number of hydrogen-bond donors (Lipinski definition) is 2. The number of furan rings is 1. The summed E-state index contributed by atoms with van der Waals surface area (Å²) in [5.41, 5.74) is 0.318. The van der Waals surface area contributed by atoms with E-state index in [9.17, 15) is 13.6 Å². The molecule has 6 heteroatoms. The molecule has 0 fully saturated rings. The zero-order valence-electron chi connectivity index (χ0n) is 9.11. The first kappa shape index (κ1) is 12.1. The number of nitrogens with one attached hydrogen (secondary N) is 1. The first-order valence-electron chi connectivity index (χ1n) is 5.07. The highest BCUT2D eigenvalue weighted by atomic mass is 19.2. The van der Waals surface area contributed by atoms with E-state index in [-0.39, 0.29) is 18.0 Å². The van der Waals surface area contributed by atoms with Gasteiger partial charge in [-0.1, -0.05) is 6.07 Å². The van der Waals surface area contributed by atoms with Crippen molar-refractivity contribution in [2.45, 2.75) is 6.54 Å². The summed E-state index contributed by atoms with van der Waals surface area (Å²) in [4.78, 5) is 10.8. The smallest absolute Gasteiger partial charge is 0.372 e. The lowest BCUT2D eigenvalue weighted by atomic mass is 10.2. The zero-order valence-corrected chi connectivity index (χ0v) is 9.11. The van der Waals surface area contributed by atoms with Crippen molar-refractivity contribution in [2.75, 3.05) is 5.32 Å². The summed E-state index contributed by atoms with van der Waals surface area (Å²) in [5.74, 6) is -3.40. The van der Waals surface area contributed by atoms with Gasteiger partial charge in [0.15, 0.2) is 11.6 Å². The van der Waals surface area contributed by atoms with E-state index in [4.69, 9.17) is 9.52 Å². The first-order chi connectivity index (χ1) is 8.59. The highest BCUT2D eigenvalue weighted by Gasteiger charge is 2.14. The normalized spacial score (nSPS) is 10.3. The predicted octanol–water partition coefficient (Wildman–Crippen LogP) is 2.87. The molecule has 0 spiro atoms. The van der Waals surface area contributed by atoms with Gasteiger partial charge in [-0.3, -0.25) is 0 Å². The Morgan fingerprint density at radius 1 is 1.33 bits per heavy atom. The molecule has 1 aromatic carbocycles. The van der Waals surface area contributed by atoms with Crippen molar-refractivity contribution >= 4 is 11.7 Å². The molecule has 0 bridgehead atoms. The molecule has 2 rings (SSSR count). The fourth-order valence-corrected chi connectivity index (χ4v) is 1.49. The summed E-state index contributed by atoms with van der Waals surface area (Å²) < 4.78 is 31.0. The summed E-state index contributed by atoms with van der Waals surface area (Å²) in [7, 11) is 0. The van der Waals surface area contributed by atoms with Gasteiger partial charge >= 0.3 is 5.97 Å². The lowest BCUT2D eigenvalue weighted by Gasteiger charge is -2.07. The lowest BCUT2D eigenvalue weighted by molar-refractivity contribution is 0.0661. The van der Waals surface area contributed by atoms with Crippen molar-refractivity contribution in [1.82, 2.24) is 0 Å². The van der Waals surface area contributed by atoms with E-state index in [1.165, 1.54) is 24.5 Å². The van der Waals surface area contributed by atoms with Crippen LogP contribution in [0.4, 0.5) is 14.5 Å².